The molecule has 2 rings (SSSR count). The van der Waals surface area contributed by atoms with Crippen molar-refractivity contribution in [1.82, 2.24) is 0 Å². The monoisotopic (exact) mass is 230 g/mol. The van der Waals surface area contributed by atoms with Crippen molar-refractivity contribution in [1.29, 1.82) is 0 Å². The largest absolute Gasteiger partial charge is 0.396 e. The van der Waals surface area contributed by atoms with Crippen molar-refractivity contribution in [3.05, 3.63) is 47.0 Å². The molecule has 0 heterocycles. The van der Waals surface area contributed by atoms with Crippen LogP contribution in [0, 0.1) is 5.92 Å². The number of hydrogen-bond acceptors (Lipinski definition) is 3. The lowest BCUT2D eigenvalue weighted by molar-refractivity contribution is 0.0977. The first kappa shape index (κ1) is 11.7. The fraction of sp³-hybridized carbons (Fsp3) is 0.286. The standard InChI is InChI=1S/C14H14O3/c1-9(8-15)6-10-7-13(16)11-4-2-3-5-12(11)14(10)17/h2-5,7,9,15H,6,8H2,1H3/t9-/m0/s1. The van der Waals surface area contributed by atoms with Gasteiger partial charge in [0.2, 0.25) is 0 Å². The number of carbonyl (C=O) groups is 2. The lowest BCUT2D eigenvalue weighted by Gasteiger charge is -2.16. The number of aliphatic hydroxyl groups excluding tert-OH is 1. The molecular weight excluding hydrogens is 216 g/mol. The van der Waals surface area contributed by atoms with E-state index < -0.39 is 0 Å². The van der Waals surface area contributed by atoms with Gasteiger partial charge in [-0.25, -0.2) is 0 Å². The van der Waals surface area contributed by atoms with E-state index in [-0.39, 0.29) is 24.1 Å². The minimum atomic E-state index is -0.125. The van der Waals surface area contributed by atoms with Gasteiger partial charge < -0.3 is 5.11 Å². The maximum absolute atomic E-state index is 12.1. The molecule has 17 heavy (non-hydrogen) atoms. The van der Waals surface area contributed by atoms with Gasteiger partial charge in [0.1, 0.15) is 0 Å². The summed E-state index contributed by atoms with van der Waals surface area (Å²) in [5.41, 5.74) is 1.44. The molecule has 1 aromatic rings. The number of rotatable bonds is 3. The molecule has 0 aliphatic heterocycles. The van der Waals surface area contributed by atoms with Gasteiger partial charge in [0.05, 0.1) is 0 Å². The summed E-state index contributed by atoms with van der Waals surface area (Å²) in [6.07, 6.45) is 1.84. The van der Waals surface area contributed by atoms with Gasteiger partial charge in [-0.2, -0.15) is 0 Å². The van der Waals surface area contributed by atoms with Crippen LogP contribution in [0.5, 0.6) is 0 Å². The van der Waals surface area contributed by atoms with Crippen molar-refractivity contribution in [2.24, 2.45) is 5.92 Å². The Hall–Kier alpha value is -1.74. The van der Waals surface area contributed by atoms with Gasteiger partial charge in [-0.05, 0) is 18.4 Å². The highest BCUT2D eigenvalue weighted by molar-refractivity contribution is 6.24. The smallest absolute Gasteiger partial charge is 0.189 e. The van der Waals surface area contributed by atoms with Gasteiger partial charge in [0.15, 0.2) is 11.6 Å². The number of benzene rings is 1. The highest BCUT2D eigenvalue weighted by Crippen LogP contribution is 2.24. The second-order valence-corrected chi connectivity index (χ2v) is 4.40. The zero-order valence-electron chi connectivity index (χ0n) is 9.64. The molecule has 0 amide bonds. The second kappa shape index (κ2) is 4.63. The highest BCUT2D eigenvalue weighted by Gasteiger charge is 2.25. The number of hydrogen-bond donors (Lipinski definition) is 1. The molecule has 88 valence electrons. The van der Waals surface area contributed by atoms with E-state index in [0.717, 1.165) is 0 Å². The lowest BCUT2D eigenvalue weighted by Crippen LogP contribution is -2.19. The molecule has 1 atom stereocenters. The zero-order chi connectivity index (χ0) is 12.4. The Morgan fingerprint density at radius 1 is 1.18 bits per heavy atom. The third-order valence-corrected chi connectivity index (χ3v) is 2.91. The molecule has 0 saturated heterocycles. The Morgan fingerprint density at radius 2 is 1.82 bits per heavy atom. The van der Waals surface area contributed by atoms with Crippen LogP contribution in [0.15, 0.2) is 35.9 Å². The van der Waals surface area contributed by atoms with Crippen molar-refractivity contribution < 1.29 is 14.7 Å². The van der Waals surface area contributed by atoms with E-state index in [2.05, 4.69) is 0 Å². The van der Waals surface area contributed by atoms with Crippen molar-refractivity contribution >= 4 is 11.6 Å². The summed E-state index contributed by atoms with van der Waals surface area (Å²) in [6.45, 7) is 1.86. The van der Waals surface area contributed by atoms with Crippen molar-refractivity contribution in [2.45, 2.75) is 13.3 Å². The van der Waals surface area contributed by atoms with Gasteiger partial charge in [-0.3, -0.25) is 9.59 Å². The molecule has 1 aliphatic rings. The van der Waals surface area contributed by atoms with E-state index in [1.807, 2.05) is 6.92 Å². The summed E-state index contributed by atoms with van der Waals surface area (Å²) in [6, 6.07) is 6.84. The van der Waals surface area contributed by atoms with E-state index in [1.165, 1.54) is 6.08 Å². The number of aliphatic hydroxyl groups is 1. The SMILES string of the molecule is C[C@H](CO)CC1=CC(=O)c2ccccc2C1=O. The van der Waals surface area contributed by atoms with E-state index in [1.54, 1.807) is 24.3 Å². The third-order valence-electron chi connectivity index (χ3n) is 2.91. The lowest BCUT2D eigenvalue weighted by atomic mass is 9.86. The number of fused-ring (bicyclic) bond motifs is 1. The van der Waals surface area contributed by atoms with Crippen LogP contribution in [0.1, 0.15) is 34.1 Å². The molecule has 0 fully saturated rings. The Balaban J connectivity index is 2.35. The summed E-state index contributed by atoms with van der Waals surface area (Å²) in [7, 11) is 0. The topological polar surface area (TPSA) is 54.4 Å². The fourth-order valence-corrected chi connectivity index (χ4v) is 1.96. The number of carbonyl (C=O) groups excluding carboxylic acids is 2. The Bertz CT molecular complexity index is 500. The molecule has 3 heteroatoms. The van der Waals surface area contributed by atoms with Crippen LogP contribution in [0.2, 0.25) is 0 Å². The van der Waals surface area contributed by atoms with Crippen molar-refractivity contribution in [3.63, 3.8) is 0 Å². The Morgan fingerprint density at radius 3 is 2.47 bits per heavy atom. The van der Waals surface area contributed by atoms with Gasteiger partial charge in [-0.1, -0.05) is 31.2 Å². The van der Waals surface area contributed by atoms with Crippen LogP contribution >= 0.6 is 0 Å². The maximum Gasteiger partial charge on any atom is 0.189 e. The predicted molar refractivity (Wildman–Crippen MR) is 64.1 cm³/mol. The van der Waals surface area contributed by atoms with Crippen LogP contribution < -0.4 is 0 Å². The van der Waals surface area contributed by atoms with Crippen LogP contribution in [-0.2, 0) is 0 Å². The maximum atomic E-state index is 12.1. The quantitative estimate of drug-likeness (QED) is 0.864. The second-order valence-electron chi connectivity index (χ2n) is 4.40. The van der Waals surface area contributed by atoms with E-state index >= 15 is 0 Å². The van der Waals surface area contributed by atoms with Crippen LogP contribution in [-0.4, -0.2) is 23.3 Å². The number of allylic oxidation sites excluding steroid dienone is 2. The summed E-state index contributed by atoms with van der Waals surface area (Å²) in [4.78, 5) is 23.9. The van der Waals surface area contributed by atoms with Crippen molar-refractivity contribution in [3.8, 4) is 0 Å². The summed E-state index contributed by atoms with van der Waals surface area (Å²) in [5, 5.41) is 8.99. The molecule has 0 aromatic heterocycles. The molecule has 1 aromatic carbocycles. The summed E-state index contributed by atoms with van der Waals surface area (Å²) in [5.74, 6) is -0.232. The average Bonchev–Trinajstić information content (AvgIpc) is 2.35. The van der Waals surface area contributed by atoms with E-state index in [0.29, 0.717) is 23.1 Å². The minimum absolute atomic E-state index is 0.0109. The summed E-state index contributed by atoms with van der Waals surface area (Å²) < 4.78 is 0. The van der Waals surface area contributed by atoms with Gasteiger partial charge in [0, 0.05) is 23.3 Å². The molecule has 0 radical (unpaired) electrons. The highest BCUT2D eigenvalue weighted by atomic mass is 16.3. The molecule has 0 bridgehead atoms. The normalized spacial score (nSPS) is 16.5. The minimum Gasteiger partial charge on any atom is -0.396 e. The Kier molecular flexibility index (Phi) is 3.20. The molecule has 1 N–H and O–H groups in total. The van der Waals surface area contributed by atoms with Crippen LogP contribution in [0.3, 0.4) is 0 Å². The first-order chi connectivity index (χ1) is 8.13. The summed E-state index contributed by atoms with van der Waals surface area (Å²) >= 11 is 0. The molecular formula is C14H14O3. The molecule has 1 aliphatic carbocycles. The van der Waals surface area contributed by atoms with Gasteiger partial charge in [-0.15, -0.1) is 0 Å². The van der Waals surface area contributed by atoms with Gasteiger partial charge >= 0.3 is 0 Å². The number of ketones is 2. The van der Waals surface area contributed by atoms with E-state index in [4.69, 9.17) is 5.11 Å². The fourth-order valence-electron chi connectivity index (χ4n) is 1.96. The van der Waals surface area contributed by atoms with Crippen LogP contribution in [0.25, 0.3) is 0 Å². The van der Waals surface area contributed by atoms with Crippen molar-refractivity contribution in [2.75, 3.05) is 6.61 Å². The average molecular weight is 230 g/mol. The van der Waals surface area contributed by atoms with E-state index in [9.17, 15) is 9.59 Å². The zero-order valence-corrected chi connectivity index (χ0v) is 9.64. The first-order valence-electron chi connectivity index (χ1n) is 5.63. The molecule has 0 spiro atoms. The first-order valence-corrected chi connectivity index (χ1v) is 5.63. The Labute approximate surface area is 99.8 Å². The van der Waals surface area contributed by atoms with Crippen LogP contribution in [0.4, 0.5) is 0 Å². The van der Waals surface area contributed by atoms with Gasteiger partial charge in [0.25, 0.3) is 0 Å². The number of Topliss-reactive ketones (excluding diaryl/α,β-unsaturated/α-hetero) is 1. The molecule has 0 unspecified atom stereocenters. The third kappa shape index (κ3) is 2.19. The molecule has 0 saturated carbocycles. The predicted octanol–water partition coefficient (Wildman–Crippen LogP) is 2.01. The molecule has 3 nitrogen and oxygen atoms in total.